The van der Waals surface area contributed by atoms with Gasteiger partial charge in [-0.15, -0.1) is 11.3 Å². The number of alkyl halides is 2. The summed E-state index contributed by atoms with van der Waals surface area (Å²) in [5, 5.41) is 18.5. The lowest BCUT2D eigenvalue weighted by Crippen LogP contribution is -2.43. The number of nitrogens with one attached hydrogen (secondary N) is 1. The summed E-state index contributed by atoms with van der Waals surface area (Å²) < 4.78 is 55.5. The van der Waals surface area contributed by atoms with Gasteiger partial charge in [0.25, 0.3) is 15.9 Å². The van der Waals surface area contributed by atoms with Crippen molar-refractivity contribution in [3.63, 3.8) is 0 Å². The summed E-state index contributed by atoms with van der Waals surface area (Å²) in [7, 11) is -4.19. The Balaban J connectivity index is 1.87. The SMILES string of the molecule is CC(c1ccccc1)C(NS(=O)(=O)c1ccc(-c2cccc(C(F)(F)CO)c2)s1)C(=O)O. The minimum Gasteiger partial charge on any atom is -0.480 e. The van der Waals surface area contributed by atoms with Gasteiger partial charge in [0.15, 0.2) is 0 Å². The second kappa shape index (κ2) is 9.45. The third kappa shape index (κ3) is 5.21. The van der Waals surface area contributed by atoms with Crippen LogP contribution >= 0.6 is 11.3 Å². The molecule has 0 spiro atoms. The maximum atomic E-state index is 13.8. The van der Waals surface area contributed by atoms with Gasteiger partial charge in [-0.25, -0.2) is 8.42 Å². The number of hydrogen-bond donors (Lipinski definition) is 3. The molecule has 170 valence electrons. The topological polar surface area (TPSA) is 104 Å². The molecule has 32 heavy (non-hydrogen) atoms. The van der Waals surface area contributed by atoms with Crippen LogP contribution in [-0.2, 0) is 20.7 Å². The van der Waals surface area contributed by atoms with E-state index in [-0.39, 0.29) is 4.21 Å². The van der Waals surface area contributed by atoms with Crippen LogP contribution in [0, 0.1) is 0 Å². The zero-order valence-electron chi connectivity index (χ0n) is 16.9. The molecular weight excluding hydrogens is 460 g/mol. The van der Waals surface area contributed by atoms with Crippen LogP contribution in [0.25, 0.3) is 10.4 Å². The predicted molar refractivity (Wildman–Crippen MR) is 117 cm³/mol. The summed E-state index contributed by atoms with van der Waals surface area (Å²) in [4.78, 5) is 12.2. The summed E-state index contributed by atoms with van der Waals surface area (Å²) in [6.07, 6.45) is 0. The standard InChI is InChI=1S/C22H21F2NO5S2/c1-14(15-6-3-2-4-7-15)20(21(27)28)25-32(29,30)19-11-10-18(31-19)16-8-5-9-17(12-16)22(23,24)13-26/h2-12,14,20,25-26H,13H2,1H3,(H,27,28). The lowest BCUT2D eigenvalue weighted by Gasteiger charge is -2.21. The maximum Gasteiger partial charge on any atom is 0.322 e. The van der Waals surface area contributed by atoms with Crippen LogP contribution in [0.1, 0.15) is 24.0 Å². The molecule has 0 aliphatic heterocycles. The first-order valence-electron chi connectivity index (χ1n) is 9.54. The lowest BCUT2D eigenvalue weighted by molar-refractivity contribution is -0.139. The molecule has 0 saturated heterocycles. The average Bonchev–Trinajstić information content (AvgIpc) is 3.29. The molecule has 3 aromatic rings. The van der Waals surface area contributed by atoms with Crippen molar-refractivity contribution in [3.05, 3.63) is 77.9 Å². The van der Waals surface area contributed by atoms with E-state index in [1.54, 1.807) is 43.3 Å². The summed E-state index contributed by atoms with van der Waals surface area (Å²) >= 11 is 0.830. The number of carboxylic acids is 1. The van der Waals surface area contributed by atoms with E-state index in [2.05, 4.69) is 4.72 Å². The number of benzene rings is 2. The van der Waals surface area contributed by atoms with Crippen molar-refractivity contribution in [3.8, 4) is 10.4 Å². The van der Waals surface area contributed by atoms with Gasteiger partial charge in [-0.3, -0.25) is 4.79 Å². The molecular formula is C22H21F2NO5S2. The molecule has 3 N–H and O–H groups in total. The highest BCUT2D eigenvalue weighted by Gasteiger charge is 2.33. The zero-order chi connectivity index (χ0) is 23.5. The molecule has 10 heteroatoms. The van der Waals surface area contributed by atoms with Gasteiger partial charge in [0.1, 0.15) is 16.9 Å². The van der Waals surface area contributed by atoms with Crippen LogP contribution < -0.4 is 4.72 Å². The van der Waals surface area contributed by atoms with Gasteiger partial charge >= 0.3 is 5.97 Å². The van der Waals surface area contributed by atoms with Gasteiger partial charge in [0, 0.05) is 16.4 Å². The zero-order valence-corrected chi connectivity index (χ0v) is 18.5. The summed E-state index contributed by atoms with van der Waals surface area (Å²) in [6.45, 7) is 0.268. The van der Waals surface area contributed by atoms with Gasteiger partial charge in [-0.1, -0.05) is 55.5 Å². The summed E-state index contributed by atoms with van der Waals surface area (Å²) in [6, 6.07) is 15.3. The van der Waals surface area contributed by atoms with Gasteiger partial charge in [0.2, 0.25) is 0 Å². The average molecular weight is 482 g/mol. The third-order valence-electron chi connectivity index (χ3n) is 4.99. The van der Waals surface area contributed by atoms with E-state index >= 15 is 0 Å². The first-order valence-corrected chi connectivity index (χ1v) is 11.8. The van der Waals surface area contributed by atoms with Crippen molar-refractivity contribution in [1.82, 2.24) is 4.72 Å². The smallest absolute Gasteiger partial charge is 0.322 e. The Morgan fingerprint density at radius 1 is 1.09 bits per heavy atom. The van der Waals surface area contributed by atoms with Crippen molar-refractivity contribution in [2.45, 2.75) is 29.0 Å². The number of sulfonamides is 1. The maximum absolute atomic E-state index is 13.8. The van der Waals surface area contributed by atoms with E-state index in [4.69, 9.17) is 5.11 Å². The van der Waals surface area contributed by atoms with Crippen LogP contribution in [0.3, 0.4) is 0 Å². The summed E-state index contributed by atoms with van der Waals surface area (Å²) in [5.41, 5.74) is 0.627. The van der Waals surface area contributed by atoms with Crippen LogP contribution in [0.15, 0.2) is 70.9 Å². The fourth-order valence-corrected chi connectivity index (χ4v) is 5.74. The Morgan fingerprint density at radius 3 is 2.41 bits per heavy atom. The molecule has 3 rings (SSSR count). The first kappa shape index (κ1) is 24.0. The van der Waals surface area contributed by atoms with Crippen molar-refractivity contribution in [1.29, 1.82) is 0 Å². The van der Waals surface area contributed by atoms with E-state index in [1.807, 2.05) is 0 Å². The summed E-state index contributed by atoms with van der Waals surface area (Å²) in [5.74, 6) is -5.38. The van der Waals surface area contributed by atoms with E-state index < -0.39 is 46.0 Å². The fraction of sp³-hybridized carbons (Fsp3) is 0.227. The Kier molecular flexibility index (Phi) is 7.09. The molecule has 0 saturated carbocycles. The van der Waals surface area contributed by atoms with Crippen LogP contribution in [-0.4, -0.2) is 37.2 Å². The van der Waals surface area contributed by atoms with Gasteiger partial charge < -0.3 is 10.2 Å². The number of rotatable bonds is 9. The number of hydrogen-bond acceptors (Lipinski definition) is 5. The number of aliphatic hydroxyl groups excluding tert-OH is 1. The van der Waals surface area contributed by atoms with E-state index in [1.165, 1.54) is 30.3 Å². The third-order valence-corrected chi connectivity index (χ3v) is 8.05. The molecule has 0 aliphatic rings. The Labute approximate surface area is 188 Å². The number of thiophene rings is 1. The Morgan fingerprint density at radius 2 is 1.78 bits per heavy atom. The van der Waals surface area contributed by atoms with Gasteiger partial charge in [0.05, 0.1) is 0 Å². The number of halogens is 2. The van der Waals surface area contributed by atoms with Crippen molar-refractivity contribution in [2.24, 2.45) is 0 Å². The second-order valence-electron chi connectivity index (χ2n) is 7.20. The van der Waals surface area contributed by atoms with E-state index in [0.717, 1.165) is 11.3 Å². The molecule has 0 fully saturated rings. The monoisotopic (exact) mass is 481 g/mol. The van der Waals surface area contributed by atoms with Gasteiger partial charge in [-0.2, -0.15) is 13.5 Å². The molecule has 2 atom stereocenters. The predicted octanol–water partition coefficient (Wildman–Crippen LogP) is 4.03. The lowest BCUT2D eigenvalue weighted by atomic mass is 9.94. The molecule has 0 bridgehead atoms. The molecule has 0 radical (unpaired) electrons. The van der Waals surface area contributed by atoms with Crippen molar-refractivity contribution >= 4 is 27.3 Å². The fourth-order valence-electron chi connectivity index (χ4n) is 3.15. The van der Waals surface area contributed by atoms with Crippen molar-refractivity contribution in [2.75, 3.05) is 6.61 Å². The second-order valence-corrected chi connectivity index (χ2v) is 10.2. The largest absolute Gasteiger partial charge is 0.480 e. The quantitative estimate of drug-likeness (QED) is 0.428. The highest BCUT2D eigenvalue weighted by Crippen LogP contribution is 2.35. The molecule has 0 aliphatic carbocycles. The van der Waals surface area contributed by atoms with Crippen LogP contribution in [0.4, 0.5) is 8.78 Å². The molecule has 1 heterocycles. The normalized spacial score (nSPS) is 14.1. The number of aliphatic hydroxyl groups is 1. The molecule has 1 aromatic heterocycles. The molecule has 6 nitrogen and oxygen atoms in total. The molecule has 0 amide bonds. The first-order chi connectivity index (χ1) is 15.0. The van der Waals surface area contributed by atoms with Crippen LogP contribution in [0.2, 0.25) is 0 Å². The molecule has 2 aromatic carbocycles. The van der Waals surface area contributed by atoms with E-state index in [9.17, 15) is 27.1 Å². The number of carboxylic acid groups (broad SMARTS) is 1. The highest BCUT2D eigenvalue weighted by atomic mass is 32.2. The number of carbonyl (C=O) groups is 1. The van der Waals surface area contributed by atoms with E-state index in [0.29, 0.717) is 16.0 Å². The Hall–Kier alpha value is -2.66. The van der Waals surface area contributed by atoms with Gasteiger partial charge in [-0.05, 0) is 29.3 Å². The Bertz CT molecular complexity index is 1200. The minimum atomic E-state index is -4.19. The van der Waals surface area contributed by atoms with Crippen LogP contribution in [0.5, 0.6) is 0 Å². The highest BCUT2D eigenvalue weighted by molar-refractivity contribution is 7.91. The minimum absolute atomic E-state index is 0.140. The number of aliphatic carboxylic acids is 1. The van der Waals surface area contributed by atoms with Crippen molar-refractivity contribution < 1.29 is 32.2 Å². The molecule has 2 unspecified atom stereocenters.